The van der Waals surface area contributed by atoms with Gasteiger partial charge in [0.1, 0.15) is 10.7 Å². The lowest BCUT2D eigenvalue weighted by Gasteiger charge is -2.36. The quantitative estimate of drug-likeness (QED) is 0.704. The van der Waals surface area contributed by atoms with Gasteiger partial charge in [0.2, 0.25) is 5.91 Å². The van der Waals surface area contributed by atoms with Gasteiger partial charge in [-0.15, -0.1) is 11.3 Å². The number of nitrogens with one attached hydrogen (secondary N) is 2. The van der Waals surface area contributed by atoms with E-state index in [4.69, 9.17) is 0 Å². The minimum Gasteiger partial charge on any atom is -0.333 e. The van der Waals surface area contributed by atoms with Gasteiger partial charge in [0, 0.05) is 49.7 Å². The lowest BCUT2D eigenvalue weighted by Crippen LogP contribution is -2.48. The molecule has 0 bridgehead atoms. The Balaban J connectivity index is 1.50. The molecule has 1 aliphatic rings. The predicted molar refractivity (Wildman–Crippen MR) is 110 cm³/mol. The number of aromatic nitrogens is 3. The average molecular weight is 398 g/mol. The van der Waals surface area contributed by atoms with Crippen molar-refractivity contribution in [2.45, 2.75) is 32.7 Å². The van der Waals surface area contributed by atoms with Crippen molar-refractivity contribution in [2.75, 3.05) is 19.6 Å². The molecule has 0 saturated carbocycles. The molecule has 1 atom stereocenters. The Hall–Kier alpha value is -2.58. The summed E-state index contributed by atoms with van der Waals surface area (Å²) in [6.07, 6.45) is 4.28. The Kier molecular flexibility index (Phi) is 5.23. The highest BCUT2D eigenvalue weighted by atomic mass is 32.1. The van der Waals surface area contributed by atoms with Gasteiger partial charge in [-0.2, -0.15) is 0 Å². The summed E-state index contributed by atoms with van der Waals surface area (Å²) in [7, 11) is 0. The summed E-state index contributed by atoms with van der Waals surface area (Å²) >= 11 is 1.53. The molecule has 8 heteroatoms. The van der Waals surface area contributed by atoms with E-state index in [0.717, 1.165) is 27.4 Å². The Morgan fingerprint density at radius 1 is 1.39 bits per heavy atom. The van der Waals surface area contributed by atoms with Crippen molar-refractivity contribution in [3.8, 4) is 0 Å². The third kappa shape index (κ3) is 3.57. The van der Waals surface area contributed by atoms with Crippen molar-refractivity contribution in [1.29, 1.82) is 0 Å². The van der Waals surface area contributed by atoms with E-state index >= 15 is 0 Å². The van der Waals surface area contributed by atoms with Gasteiger partial charge in [0.05, 0.1) is 11.4 Å². The van der Waals surface area contributed by atoms with E-state index in [-0.39, 0.29) is 17.5 Å². The van der Waals surface area contributed by atoms with Crippen LogP contribution >= 0.6 is 11.3 Å². The van der Waals surface area contributed by atoms with Crippen LogP contribution in [-0.2, 0) is 11.2 Å². The number of aromatic amines is 1. The van der Waals surface area contributed by atoms with Crippen LogP contribution in [0, 0.1) is 13.8 Å². The predicted octanol–water partition coefficient (Wildman–Crippen LogP) is 2.10. The van der Waals surface area contributed by atoms with Crippen molar-refractivity contribution in [2.24, 2.45) is 0 Å². The number of piperazine rings is 1. The van der Waals surface area contributed by atoms with Gasteiger partial charge in [0.25, 0.3) is 5.56 Å². The van der Waals surface area contributed by atoms with E-state index in [1.165, 1.54) is 11.3 Å². The highest BCUT2D eigenvalue weighted by Crippen LogP contribution is 2.26. The molecule has 3 aromatic rings. The summed E-state index contributed by atoms with van der Waals surface area (Å²) in [6, 6.07) is 3.87. The molecular formula is C20H23N5O2S. The van der Waals surface area contributed by atoms with Gasteiger partial charge in [-0.05, 0) is 31.0 Å². The molecular weight excluding hydrogens is 374 g/mol. The number of rotatable bonds is 4. The lowest BCUT2D eigenvalue weighted by molar-refractivity contribution is -0.134. The van der Waals surface area contributed by atoms with Crippen LogP contribution in [0.3, 0.4) is 0 Å². The number of thiophene rings is 1. The van der Waals surface area contributed by atoms with Crippen molar-refractivity contribution in [3.63, 3.8) is 0 Å². The van der Waals surface area contributed by atoms with Crippen molar-refractivity contribution >= 4 is 27.5 Å². The van der Waals surface area contributed by atoms with Crippen LogP contribution in [0.2, 0.25) is 0 Å². The van der Waals surface area contributed by atoms with Crippen molar-refractivity contribution in [1.82, 2.24) is 25.2 Å². The lowest BCUT2D eigenvalue weighted by atomic mass is 10.0. The number of hydrogen-bond donors (Lipinski definition) is 2. The largest absolute Gasteiger partial charge is 0.333 e. The van der Waals surface area contributed by atoms with Crippen LogP contribution in [0.1, 0.15) is 34.3 Å². The molecule has 0 radical (unpaired) electrons. The van der Waals surface area contributed by atoms with E-state index in [9.17, 15) is 9.59 Å². The van der Waals surface area contributed by atoms with E-state index in [0.29, 0.717) is 37.1 Å². The standard InChI is InChI=1S/C20H23N5O2S/c1-12-13(2)28-20-18(12)19(27)23-16(24-20)5-6-17(26)25-9-8-22-11-15(25)14-4-3-7-21-10-14/h3-4,7,10,15,22H,5-6,8-9,11H2,1-2H3,(H,23,24,27). The molecule has 0 spiro atoms. The Morgan fingerprint density at radius 2 is 2.25 bits per heavy atom. The molecule has 1 amide bonds. The average Bonchev–Trinajstić information content (AvgIpc) is 3.01. The van der Waals surface area contributed by atoms with E-state index in [1.54, 1.807) is 6.20 Å². The number of carbonyl (C=O) groups excluding carboxylic acids is 1. The molecule has 2 N–H and O–H groups in total. The second-order valence-corrected chi connectivity index (χ2v) is 8.27. The van der Waals surface area contributed by atoms with Gasteiger partial charge in [-0.25, -0.2) is 4.98 Å². The minimum atomic E-state index is -0.121. The first-order valence-electron chi connectivity index (χ1n) is 9.43. The fourth-order valence-corrected chi connectivity index (χ4v) is 4.71. The molecule has 7 nitrogen and oxygen atoms in total. The van der Waals surface area contributed by atoms with Gasteiger partial charge in [-0.3, -0.25) is 14.6 Å². The summed E-state index contributed by atoms with van der Waals surface area (Å²) in [6.45, 7) is 6.08. The van der Waals surface area contributed by atoms with Gasteiger partial charge in [-0.1, -0.05) is 6.07 Å². The van der Waals surface area contributed by atoms with Crippen LogP contribution in [0.15, 0.2) is 29.3 Å². The maximum atomic E-state index is 12.9. The maximum Gasteiger partial charge on any atom is 0.259 e. The summed E-state index contributed by atoms with van der Waals surface area (Å²) in [5, 5.41) is 4.01. The molecule has 1 aliphatic heterocycles. The van der Waals surface area contributed by atoms with Crippen LogP contribution in [0.4, 0.5) is 0 Å². The monoisotopic (exact) mass is 397 g/mol. The minimum absolute atomic E-state index is 0.0213. The summed E-state index contributed by atoms with van der Waals surface area (Å²) < 4.78 is 0. The summed E-state index contributed by atoms with van der Waals surface area (Å²) in [4.78, 5) is 40.7. The van der Waals surface area contributed by atoms with Gasteiger partial charge in [0.15, 0.2) is 0 Å². The molecule has 3 aromatic heterocycles. The normalized spacial score (nSPS) is 17.2. The third-order valence-corrected chi connectivity index (χ3v) is 6.40. The number of amides is 1. The van der Waals surface area contributed by atoms with Crippen molar-refractivity contribution in [3.05, 3.63) is 56.7 Å². The smallest absolute Gasteiger partial charge is 0.259 e. The number of hydrogen-bond acceptors (Lipinski definition) is 6. The summed E-state index contributed by atoms with van der Waals surface area (Å²) in [5.74, 6) is 0.636. The van der Waals surface area contributed by atoms with Crippen LogP contribution < -0.4 is 10.9 Å². The molecule has 1 fully saturated rings. The van der Waals surface area contributed by atoms with E-state index in [1.807, 2.05) is 37.1 Å². The molecule has 146 valence electrons. The highest BCUT2D eigenvalue weighted by Gasteiger charge is 2.27. The van der Waals surface area contributed by atoms with Gasteiger partial charge < -0.3 is 15.2 Å². The van der Waals surface area contributed by atoms with Crippen LogP contribution in [0.5, 0.6) is 0 Å². The highest BCUT2D eigenvalue weighted by molar-refractivity contribution is 7.18. The Morgan fingerprint density at radius 3 is 3.04 bits per heavy atom. The zero-order valence-electron chi connectivity index (χ0n) is 16.0. The molecule has 4 rings (SSSR count). The number of carbonyl (C=O) groups is 1. The SMILES string of the molecule is Cc1sc2nc(CCC(=O)N3CCNCC3c3cccnc3)[nH]c(=O)c2c1C. The van der Waals surface area contributed by atoms with Gasteiger partial charge >= 0.3 is 0 Å². The van der Waals surface area contributed by atoms with E-state index < -0.39 is 0 Å². The molecule has 0 aliphatic carbocycles. The first-order valence-corrected chi connectivity index (χ1v) is 10.2. The Bertz CT molecular complexity index is 1060. The van der Waals surface area contributed by atoms with E-state index in [2.05, 4.69) is 20.3 Å². The van der Waals surface area contributed by atoms with Crippen LogP contribution in [-0.4, -0.2) is 45.4 Å². The molecule has 1 saturated heterocycles. The zero-order chi connectivity index (χ0) is 19.7. The first-order chi connectivity index (χ1) is 13.5. The Labute approximate surface area is 166 Å². The fourth-order valence-electron chi connectivity index (χ4n) is 3.66. The zero-order valence-corrected chi connectivity index (χ0v) is 16.8. The fraction of sp³-hybridized carbons (Fsp3) is 0.400. The second-order valence-electron chi connectivity index (χ2n) is 7.07. The third-order valence-electron chi connectivity index (χ3n) is 5.30. The number of nitrogens with zero attached hydrogens (tertiary/aromatic N) is 3. The summed E-state index contributed by atoms with van der Waals surface area (Å²) in [5.41, 5.74) is 1.89. The second kappa shape index (κ2) is 7.81. The topological polar surface area (TPSA) is 91.0 Å². The molecule has 1 unspecified atom stereocenters. The maximum absolute atomic E-state index is 12.9. The number of H-pyrrole nitrogens is 1. The van der Waals surface area contributed by atoms with Crippen molar-refractivity contribution < 1.29 is 4.79 Å². The van der Waals surface area contributed by atoms with Crippen LogP contribution in [0.25, 0.3) is 10.2 Å². The first kappa shape index (κ1) is 18.8. The molecule has 28 heavy (non-hydrogen) atoms. The number of pyridine rings is 1. The molecule has 0 aromatic carbocycles. The number of fused-ring (bicyclic) bond motifs is 1. The molecule has 4 heterocycles. The number of aryl methyl sites for hydroxylation is 3.